The van der Waals surface area contributed by atoms with E-state index >= 15 is 0 Å². The summed E-state index contributed by atoms with van der Waals surface area (Å²) in [6, 6.07) is 73.9. The van der Waals surface area contributed by atoms with E-state index in [1.54, 1.807) is 0 Å². The lowest BCUT2D eigenvalue weighted by Crippen LogP contribution is -2.29. The molecule has 8 aromatic carbocycles. The minimum atomic E-state index is -0.583. The van der Waals surface area contributed by atoms with Crippen LogP contribution in [0.4, 0.5) is 0 Å². The van der Waals surface area contributed by atoms with Crippen molar-refractivity contribution in [3.63, 3.8) is 0 Å². The normalized spacial score (nSPS) is 12.7. The number of hydrogen-bond acceptors (Lipinski definition) is 0. The van der Waals surface area contributed by atoms with Crippen LogP contribution in [0.5, 0.6) is 0 Å². The van der Waals surface area contributed by atoms with Crippen LogP contribution in [0.2, 0.25) is 0 Å². The second-order valence-electron chi connectivity index (χ2n) is 13.4. The molecular formula is C50H36. The first kappa shape index (κ1) is 29.9. The van der Waals surface area contributed by atoms with Crippen molar-refractivity contribution >= 4 is 0 Å². The van der Waals surface area contributed by atoms with Crippen LogP contribution in [-0.4, -0.2) is 0 Å². The number of aryl methyl sites for hydroxylation is 1. The maximum Gasteiger partial charge on any atom is 0.0714 e. The third-order valence-corrected chi connectivity index (χ3v) is 10.4. The highest BCUT2D eigenvalue weighted by atomic mass is 14.5. The highest BCUT2D eigenvalue weighted by Gasteiger charge is 2.46. The maximum absolute atomic E-state index is 2.45. The lowest BCUT2D eigenvalue weighted by atomic mass is 9.66. The molecule has 0 saturated carbocycles. The molecule has 0 aromatic heterocycles. The van der Waals surface area contributed by atoms with Gasteiger partial charge in [0.1, 0.15) is 0 Å². The van der Waals surface area contributed by atoms with Gasteiger partial charge in [0, 0.05) is 0 Å². The van der Waals surface area contributed by atoms with Gasteiger partial charge in [0.05, 0.1) is 5.41 Å². The quantitative estimate of drug-likeness (QED) is 0.170. The molecule has 236 valence electrons. The van der Waals surface area contributed by atoms with Gasteiger partial charge in [-0.2, -0.15) is 0 Å². The molecular weight excluding hydrogens is 601 g/mol. The number of benzene rings is 8. The Morgan fingerprint density at radius 1 is 0.280 bits per heavy atom. The predicted molar refractivity (Wildman–Crippen MR) is 210 cm³/mol. The minimum Gasteiger partial charge on any atom is -0.0622 e. The third kappa shape index (κ3) is 5.00. The second kappa shape index (κ2) is 12.3. The van der Waals surface area contributed by atoms with Gasteiger partial charge in [0.15, 0.2) is 0 Å². The molecule has 0 unspecified atom stereocenters. The van der Waals surface area contributed by atoms with Crippen LogP contribution in [0.25, 0.3) is 55.6 Å². The van der Waals surface area contributed by atoms with E-state index in [4.69, 9.17) is 0 Å². The summed E-state index contributed by atoms with van der Waals surface area (Å²) >= 11 is 0. The molecule has 0 heteroatoms. The molecule has 0 saturated heterocycles. The Morgan fingerprint density at radius 2 is 0.640 bits per heavy atom. The predicted octanol–water partition coefficient (Wildman–Crippen LogP) is 13.0. The van der Waals surface area contributed by atoms with Gasteiger partial charge in [-0.1, -0.05) is 169 Å². The van der Waals surface area contributed by atoms with Gasteiger partial charge < -0.3 is 0 Å². The van der Waals surface area contributed by atoms with E-state index in [1.807, 2.05) is 0 Å². The zero-order chi connectivity index (χ0) is 33.5. The highest BCUT2D eigenvalue weighted by molar-refractivity contribution is 5.89. The van der Waals surface area contributed by atoms with Crippen molar-refractivity contribution in [1.29, 1.82) is 0 Å². The molecule has 0 amide bonds. The topological polar surface area (TPSA) is 0 Å². The van der Waals surface area contributed by atoms with Crippen LogP contribution in [-0.2, 0) is 5.41 Å². The molecule has 8 aromatic rings. The van der Waals surface area contributed by atoms with Gasteiger partial charge in [-0.25, -0.2) is 0 Å². The first-order valence-corrected chi connectivity index (χ1v) is 17.4. The number of hydrogen-bond donors (Lipinski definition) is 0. The van der Waals surface area contributed by atoms with Crippen molar-refractivity contribution in [3.8, 4) is 55.6 Å². The van der Waals surface area contributed by atoms with Gasteiger partial charge in [0.2, 0.25) is 0 Å². The van der Waals surface area contributed by atoms with E-state index in [-0.39, 0.29) is 0 Å². The molecule has 50 heavy (non-hydrogen) atoms. The minimum absolute atomic E-state index is 0.583. The molecule has 0 nitrogen and oxygen atoms in total. The van der Waals surface area contributed by atoms with Crippen LogP contribution in [0, 0.1) is 6.92 Å². The van der Waals surface area contributed by atoms with Crippen LogP contribution in [0.3, 0.4) is 0 Å². The molecule has 9 rings (SSSR count). The second-order valence-corrected chi connectivity index (χ2v) is 13.4. The molecule has 1 aliphatic rings. The molecule has 1 aliphatic carbocycles. The molecule has 0 bridgehead atoms. The van der Waals surface area contributed by atoms with Crippen LogP contribution >= 0.6 is 0 Å². The fourth-order valence-corrected chi connectivity index (χ4v) is 8.06. The Kier molecular flexibility index (Phi) is 7.37. The number of fused-ring (bicyclic) bond motifs is 3. The molecule has 0 fully saturated rings. The Bertz CT molecular complexity index is 2220. The first-order chi connectivity index (χ1) is 24.7. The summed E-state index contributed by atoms with van der Waals surface area (Å²) in [5.41, 5.74) is 18.1. The fourth-order valence-electron chi connectivity index (χ4n) is 8.06. The summed E-state index contributed by atoms with van der Waals surface area (Å²) in [6.07, 6.45) is 0. The molecule has 0 aliphatic heterocycles. The van der Waals surface area contributed by atoms with E-state index in [9.17, 15) is 0 Å². The van der Waals surface area contributed by atoms with Gasteiger partial charge in [0.25, 0.3) is 0 Å². The third-order valence-electron chi connectivity index (χ3n) is 10.4. The SMILES string of the molecule is Cc1ccc2c(c1)C(c1cc(-c3ccccc3)cc(-c3ccccc3)c1)(c1cc(-c3ccccc3)cc(-c3ccccc3)c1)c1ccccc1-2. The Morgan fingerprint density at radius 3 is 1.06 bits per heavy atom. The number of rotatable bonds is 6. The maximum atomic E-state index is 2.45. The van der Waals surface area contributed by atoms with Crippen molar-refractivity contribution in [2.75, 3.05) is 0 Å². The largest absolute Gasteiger partial charge is 0.0714 e. The lowest BCUT2D eigenvalue weighted by molar-refractivity contribution is 0.769. The van der Waals surface area contributed by atoms with Crippen molar-refractivity contribution in [2.45, 2.75) is 12.3 Å². The highest BCUT2D eigenvalue weighted by Crippen LogP contribution is 2.58. The van der Waals surface area contributed by atoms with E-state index in [1.165, 1.54) is 83.5 Å². The summed E-state index contributed by atoms with van der Waals surface area (Å²) in [7, 11) is 0. The Labute approximate surface area is 295 Å². The van der Waals surface area contributed by atoms with Gasteiger partial charge in [-0.15, -0.1) is 0 Å². The van der Waals surface area contributed by atoms with E-state index < -0.39 is 5.41 Å². The lowest BCUT2D eigenvalue weighted by Gasteiger charge is -2.35. The van der Waals surface area contributed by atoms with Crippen molar-refractivity contribution < 1.29 is 0 Å². The van der Waals surface area contributed by atoms with Crippen LogP contribution in [0.1, 0.15) is 27.8 Å². The van der Waals surface area contributed by atoms with Crippen LogP contribution in [0.15, 0.2) is 200 Å². The zero-order valence-corrected chi connectivity index (χ0v) is 28.1. The fraction of sp³-hybridized carbons (Fsp3) is 0.0400. The summed E-state index contributed by atoms with van der Waals surface area (Å²) < 4.78 is 0. The van der Waals surface area contributed by atoms with Crippen molar-refractivity contribution in [1.82, 2.24) is 0 Å². The standard InChI is InChI=1S/C50H36/c1-35-26-27-47-46-24-14-15-25-48(46)50(49(47)28-35,44-31-40(36-16-6-2-7-17-36)29-41(32-44)37-18-8-3-9-19-37)45-33-42(38-20-10-4-11-21-38)30-43(34-45)39-22-12-5-13-23-39/h2-34H,1H3. The van der Waals surface area contributed by atoms with Gasteiger partial charge >= 0.3 is 0 Å². The van der Waals surface area contributed by atoms with E-state index in [2.05, 4.69) is 207 Å². The molecule has 0 N–H and O–H groups in total. The summed E-state index contributed by atoms with van der Waals surface area (Å²) in [6.45, 7) is 2.22. The summed E-state index contributed by atoms with van der Waals surface area (Å²) in [5, 5.41) is 0. The van der Waals surface area contributed by atoms with E-state index in [0.717, 1.165) is 0 Å². The average Bonchev–Trinajstić information content (AvgIpc) is 3.49. The first-order valence-electron chi connectivity index (χ1n) is 17.4. The summed E-state index contributed by atoms with van der Waals surface area (Å²) in [4.78, 5) is 0. The average molecular weight is 637 g/mol. The summed E-state index contributed by atoms with van der Waals surface area (Å²) in [5.74, 6) is 0. The molecule has 0 heterocycles. The van der Waals surface area contributed by atoms with Crippen LogP contribution < -0.4 is 0 Å². The Balaban J connectivity index is 1.45. The van der Waals surface area contributed by atoms with Crippen molar-refractivity contribution in [2.24, 2.45) is 0 Å². The van der Waals surface area contributed by atoms with Gasteiger partial charge in [-0.3, -0.25) is 0 Å². The van der Waals surface area contributed by atoms with Gasteiger partial charge in [-0.05, 0) is 121 Å². The molecule has 0 spiro atoms. The van der Waals surface area contributed by atoms with E-state index in [0.29, 0.717) is 0 Å². The monoisotopic (exact) mass is 636 g/mol. The van der Waals surface area contributed by atoms with Crippen molar-refractivity contribution in [3.05, 3.63) is 228 Å². The molecule has 0 atom stereocenters. The molecule has 0 radical (unpaired) electrons. The Hall–Kier alpha value is -6.24. The zero-order valence-electron chi connectivity index (χ0n) is 28.1. The smallest absolute Gasteiger partial charge is 0.0622 e.